The maximum absolute atomic E-state index is 12.0. The maximum atomic E-state index is 12.0. The number of carbonyl (C=O) groups is 1. The normalized spacial score (nSPS) is 12.4. The van der Waals surface area contributed by atoms with Crippen LogP contribution in [-0.2, 0) is 6.54 Å². The van der Waals surface area contributed by atoms with Crippen molar-refractivity contribution in [2.45, 2.75) is 6.54 Å². The Morgan fingerprint density at radius 3 is 3.05 bits per heavy atom. The van der Waals surface area contributed by atoms with E-state index in [4.69, 9.17) is 13.9 Å². The van der Waals surface area contributed by atoms with Crippen LogP contribution in [0.25, 0.3) is 0 Å². The zero-order valence-electron chi connectivity index (χ0n) is 10.8. The fraction of sp³-hybridized carbons (Fsp3) is 0.231. The molecule has 0 saturated carbocycles. The molecule has 0 radical (unpaired) electrons. The molecule has 104 valence electrons. The second-order valence-electron chi connectivity index (χ2n) is 4.18. The highest BCUT2D eigenvalue weighted by Crippen LogP contribution is 2.34. The van der Waals surface area contributed by atoms with E-state index in [1.807, 2.05) is 0 Å². The van der Waals surface area contributed by atoms with E-state index in [-0.39, 0.29) is 18.4 Å². The fourth-order valence-electron chi connectivity index (χ4n) is 1.82. The molecule has 20 heavy (non-hydrogen) atoms. The van der Waals surface area contributed by atoms with Crippen molar-refractivity contribution in [3.05, 3.63) is 36.0 Å². The number of nitrogens with zero attached hydrogens (tertiary/aromatic N) is 1. The molecule has 1 aromatic carbocycles. The third kappa shape index (κ3) is 2.43. The van der Waals surface area contributed by atoms with Crippen molar-refractivity contribution < 1.29 is 18.7 Å². The number of anilines is 1. The number of aromatic nitrogens is 1. The number of hydrogen-bond donors (Lipinski definition) is 2. The number of amides is 1. The van der Waals surface area contributed by atoms with Crippen LogP contribution in [0, 0.1) is 0 Å². The second-order valence-corrected chi connectivity index (χ2v) is 4.18. The van der Waals surface area contributed by atoms with Crippen molar-refractivity contribution in [2.24, 2.45) is 0 Å². The molecule has 7 nitrogen and oxygen atoms in total. The SMILES string of the molecule is CNCc1nc(C(=O)Nc2ccc3c(c2)OCO3)co1. The van der Waals surface area contributed by atoms with Gasteiger partial charge in [-0.1, -0.05) is 0 Å². The number of oxazole rings is 1. The summed E-state index contributed by atoms with van der Waals surface area (Å²) in [6, 6.07) is 5.18. The largest absolute Gasteiger partial charge is 0.454 e. The summed E-state index contributed by atoms with van der Waals surface area (Å²) in [4.78, 5) is 16.1. The summed E-state index contributed by atoms with van der Waals surface area (Å²) in [6.07, 6.45) is 1.33. The van der Waals surface area contributed by atoms with E-state index >= 15 is 0 Å². The number of ether oxygens (including phenoxy) is 2. The van der Waals surface area contributed by atoms with Gasteiger partial charge < -0.3 is 24.5 Å². The van der Waals surface area contributed by atoms with E-state index in [0.29, 0.717) is 29.6 Å². The number of nitrogens with one attached hydrogen (secondary N) is 2. The molecule has 3 rings (SSSR count). The van der Waals surface area contributed by atoms with E-state index in [9.17, 15) is 4.79 Å². The highest BCUT2D eigenvalue weighted by atomic mass is 16.7. The van der Waals surface area contributed by atoms with E-state index < -0.39 is 0 Å². The molecule has 2 heterocycles. The Bertz CT molecular complexity index is 638. The molecule has 0 aliphatic carbocycles. The van der Waals surface area contributed by atoms with E-state index in [1.54, 1.807) is 25.2 Å². The van der Waals surface area contributed by atoms with Crippen molar-refractivity contribution in [3.63, 3.8) is 0 Å². The van der Waals surface area contributed by atoms with Gasteiger partial charge in [-0.05, 0) is 19.2 Å². The lowest BCUT2D eigenvalue weighted by molar-refractivity contribution is 0.102. The van der Waals surface area contributed by atoms with Crippen LogP contribution in [0.15, 0.2) is 28.9 Å². The predicted molar refractivity (Wildman–Crippen MR) is 69.8 cm³/mol. The van der Waals surface area contributed by atoms with Gasteiger partial charge in [-0.15, -0.1) is 0 Å². The Morgan fingerprint density at radius 1 is 1.35 bits per heavy atom. The summed E-state index contributed by atoms with van der Waals surface area (Å²) < 4.78 is 15.6. The van der Waals surface area contributed by atoms with Crippen LogP contribution in [0.4, 0.5) is 5.69 Å². The molecule has 0 spiro atoms. The quantitative estimate of drug-likeness (QED) is 0.876. The Hall–Kier alpha value is -2.54. The number of carbonyl (C=O) groups excluding carboxylic acids is 1. The highest BCUT2D eigenvalue weighted by molar-refractivity contribution is 6.02. The number of hydrogen-bond acceptors (Lipinski definition) is 6. The first-order valence-electron chi connectivity index (χ1n) is 6.06. The average Bonchev–Trinajstić information content (AvgIpc) is 3.07. The molecular weight excluding hydrogens is 262 g/mol. The standard InChI is InChI=1S/C13H13N3O4/c1-14-5-12-16-9(6-18-12)13(17)15-8-2-3-10-11(4-8)20-7-19-10/h2-4,6,14H,5,7H2,1H3,(H,15,17). The van der Waals surface area contributed by atoms with Crippen LogP contribution in [0.1, 0.15) is 16.4 Å². The molecule has 1 amide bonds. The maximum Gasteiger partial charge on any atom is 0.277 e. The molecule has 1 aromatic heterocycles. The third-order valence-electron chi connectivity index (χ3n) is 2.74. The lowest BCUT2D eigenvalue weighted by atomic mass is 10.2. The zero-order valence-corrected chi connectivity index (χ0v) is 10.8. The van der Waals surface area contributed by atoms with Gasteiger partial charge in [0.25, 0.3) is 5.91 Å². The smallest absolute Gasteiger partial charge is 0.277 e. The zero-order chi connectivity index (χ0) is 13.9. The minimum absolute atomic E-state index is 0.198. The first kappa shape index (κ1) is 12.5. The van der Waals surface area contributed by atoms with Gasteiger partial charge in [0.1, 0.15) is 6.26 Å². The lowest BCUT2D eigenvalue weighted by Crippen LogP contribution is -2.13. The Morgan fingerprint density at radius 2 is 2.20 bits per heavy atom. The third-order valence-corrected chi connectivity index (χ3v) is 2.74. The predicted octanol–water partition coefficient (Wildman–Crippen LogP) is 1.37. The molecule has 0 unspecified atom stereocenters. The first-order chi connectivity index (χ1) is 9.76. The minimum Gasteiger partial charge on any atom is -0.454 e. The van der Waals surface area contributed by atoms with Gasteiger partial charge in [0.15, 0.2) is 17.2 Å². The van der Waals surface area contributed by atoms with Crippen molar-refractivity contribution in [3.8, 4) is 11.5 Å². The highest BCUT2D eigenvalue weighted by Gasteiger charge is 2.16. The summed E-state index contributed by atoms with van der Waals surface area (Å²) in [7, 11) is 1.77. The van der Waals surface area contributed by atoms with Crippen LogP contribution in [0.2, 0.25) is 0 Å². The Balaban J connectivity index is 1.71. The molecule has 2 aromatic rings. The molecular formula is C13H13N3O4. The van der Waals surface area contributed by atoms with Crippen molar-refractivity contribution in [1.82, 2.24) is 10.3 Å². The summed E-state index contributed by atoms with van der Waals surface area (Å²) in [5.74, 6) is 1.40. The van der Waals surface area contributed by atoms with Crippen molar-refractivity contribution in [1.29, 1.82) is 0 Å². The summed E-state index contributed by atoms with van der Waals surface area (Å²) in [5.41, 5.74) is 0.838. The molecule has 0 saturated heterocycles. The molecule has 0 bridgehead atoms. The summed E-state index contributed by atoms with van der Waals surface area (Å²) in [5, 5.41) is 5.62. The van der Waals surface area contributed by atoms with Crippen LogP contribution >= 0.6 is 0 Å². The summed E-state index contributed by atoms with van der Waals surface area (Å²) >= 11 is 0. The molecule has 1 aliphatic rings. The van der Waals surface area contributed by atoms with Gasteiger partial charge in [0.05, 0.1) is 6.54 Å². The first-order valence-corrected chi connectivity index (χ1v) is 6.06. The van der Waals surface area contributed by atoms with Crippen LogP contribution in [0.3, 0.4) is 0 Å². The van der Waals surface area contributed by atoms with Gasteiger partial charge in [0.2, 0.25) is 12.7 Å². The number of benzene rings is 1. The van der Waals surface area contributed by atoms with E-state index in [1.165, 1.54) is 6.26 Å². The topological polar surface area (TPSA) is 85.6 Å². The van der Waals surface area contributed by atoms with Crippen molar-refractivity contribution >= 4 is 11.6 Å². The van der Waals surface area contributed by atoms with Gasteiger partial charge in [-0.3, -0.25) is 4.79 Å². The fourth-order valence-corrected chi connectivity index (χ4v) is 1.82. The minimum atomic E-state index is -0.338. The summed E-state index contributed by atoms with van der Waals surface area (Å²) in [6.45, 7) is 0.667. The van der Waals surface area contributed by atoms with Gasteiger partial charge in [0, 0.05) is 11.8 Å². The average molecular weight is 275 g/mol. The van der Waals surface area contributed by atoms with Gasteiger partial charge in [-0.25, -0.2) is 4.98 Å². The lowest BCUT2D eigenvalue weighted by Gasteiger charge is -2.03. The van der Waals surface area contributed by atoms with Gasteiger partial charge in [-0.2, -0.15) is 0 Å². The molecule has 1 aliphatic heterocycles. The van der Waals surface area contributed by atoms with Crippen LogP contribution in [0.5, 0.6) is 11.5 Å². The van der Waals surface area contributed by atoms with Crippen LogP contribution in [-0.4, -0.2) is 24.7 Å². The van der Waals surface area contributed by atoms with E-state index in [2.05, 4.69) is 15.6 Å². The Labute approximate surface area is 114 Å². The Kier molecular flexibility index (Phi) is 3.26. The molecule has 0 atom stereocenters. The van der Waals surface area contributed by atoms with Crippen molar-refractivity contribution in [2.75, 3.05) is 19.2 Å². The second kappa shape index (κ2) is 5.22. The molecule has 0 fully saturated rings. The molecule has 2 N–H and O–H groups in total. The number of fused-ring (bicyclic) bond motifs is 1. The molecule has 7 heteroatoms. The number of rotatable bonds is 4. The van der Waals surface area contributed by atoms with Gasteiger partial charge >= 0.3 is 0 Å². The van der Waals surface area contributed by atoms with Crippen LogP contribution < -0.4 is 20.1 Å². The van der Waals surface area contributed by atoms with E-state index in [0.717, 1.165) is 0 Å². The monoisotopic (exact) mass is 275 g/mol.